The zero-order valence-electron chi connectivity index (χ0n) is 18.7. The van der Waals surface area contributed by atoms with Gasteiger partial charge in [-0.05, 0) is 49.4 Å². The number of halogens is 1. The molecule has 0 aromatic heterocycles. The third-order valence-electron chi connectivity index (χ3n) is 4.92. The highest BCUT2D eigenvalue weighted by molar-refractivity contribution is 14.0. The smallest absolute Gasteiger partial charge is 0.257 e. The van der Waals surface area contributed by atoms with Crippen LogP contribution in [0.4, 0.5) is 0 Å². The number of hydrogen-bond acceptors (Lipinski definition) is 4. The van der Waals surface area contributed by atoms with Crippen molar-refractivity contribution in [3.63, 3.8) is 0 Å². The van der Waals surface area contributed by atoms with Crippen LogP contribution in [-0.4, -0.2) is 38.7 Å². The number of nitrogens with zero attached hydrogens (tertiary/aromatic N) is 1. The number of guanidine groups is 1. The summed E-state index contributed by atoms with van der Waals surface area (Å²) in [5.41, 5.74) is 2.14. The molecule has 1 aliphatic rings. The van der Waals surface area contributed by atoms with E-state index in [1.54, 1.807) is 7.05 Å². The van der Waals surface area contributed by atoms with Crippen molar-refractivity contribution in [2.75, 3.05) is 26.8 Å². The summed E-state index contributed by atoms with van der Waals surface area (Å²) >= 11 is 0. The molecule has 1 amide bonds. The minimum absolute atomic E-state index is 0. The molecule has 1 saturated carbocycles. The van der Waals surface area contributed by atoms with Gasteiger partial charge < -0.3 is 25.4 Å². The molecule has 1 fully saturated rings. The largest absolute Gasteiger partial charge is 0.493 e. The Bertz CT molecular complexity index is 887. The fraction of sp³-hybridized carbons (Fsp3) is 0.417. The van der Waals surface area contributed by atoms with Crippen LogP contribution < -0.4 is 25.4 Å². The number of hydrogen-bond donors (Lipinski definition) is 3. The molecule has 2 aromatic rings. The van der Waals surface area contributed by atoms with Crippen LogP contribution in [0.3, 0.4) is 0 Å². The van der Waals surface area contributed by atoms with Crippen LogP contribution >= 0.6 is 24.0 Å². The lowest BCUT2D eigenvalue weighted by Crippen LogP contribution is -2.36. The number of rotatable bonds is 11. The summed E-state index contributed by atoms with van der Waals surface area (Å²) in [4.78, 5) is 15.9. The minimum atomic E-state index is -0.128. The zero-order valence-corrected chi connectivity index (χ0v) is 21.1. The van der Waals surface area contributed by atoms with E-state index in [9.17, 15) is 4.79 Å². The first-order valence-electron chi connectivity index (χ1n) is 10.8. The molecular weight excluding hydrogens is 519 g/mol. The van der Waals surface area contributed by atoms with Crippen LogP contribution in [0.25, 0.3) is 0 Å². The summed E-state index contributed by atoms with van der Waals surface area (Å²) in [5, 5.41) is 9.37. The van der Waals surface area contributed by atoms with E-state index < -0.39 is 0 Å². The number of ether oxygens (including phenoxy) is 2. The second-order valence-electron chi connectivity index (χ2n) is 7.53. The molecule has 8 heteroatoms. The quantitative estimate of drug-likeness (QED) is 0.226. The average Bonchev–Trinajstić information content (AvgIpc) is 3.62. The van der Waals surface area contributed by atoms with Gasteiger partial charge in [0.25, 0.3) is 5.91 Å². The van der Waals surface area contributed by atoms with Crippen molar-refractivity contribution in [2.45, 2.75) is 32.9 Å². The molecule has 2 aromatic carbocycles. The molecule has 0 spiro atoms. The SMILES string of the molecule is CCNC(=O)COc1cccc(CNC(=NC)NCc2ccccc2OCC2CC2)c1.I. The second-order valence-corrected chi connectivity index (χ2v) is 7.53. The Morgan fingerprint density at radius 1 is 1.03 bits per heavy atom. The Kier molecular flexibility index (Phi) is 11.1. The molecule has 1 aliphatic carbocycles. The third kappa shape index (κ3) is 8.94. The van der Waals surface area contributed by atoms with Gasteiger partial charge in [-0.2, -0.15) is 0 Å². The summed E-state index contributed by atoms with van der Waals surface area (Å²) < 4.78 is 11.5. The molecule has 3 N–H and O–H groups in total. The van der Waals surface area contributed by atoms with E-state index in [1.165, 1.54) is 12.8 Å². The van der Waals surface area contributed by atoms with Gasteiger partial charge in [0.05, 0.1) is 6.61 Å². The van der Waals surface area contributed by atoms with E-state index in [0.29, 0.717) is 31.3 Å². The molecule has 7 nitrogen and oxygen atoms in total. The van der Waals surface area contributed by atoms with Crippen LogP contribution in [0.2, 0.25) is 0 Å². The van der Waals surface area contributed by atoms with Gasteiger partial charge in [-0.3, -0.25) is 9.79 Å². The van der Waals surface area contributed by atoms with Gasteiger partial charge in [0, 0.05) is 32.2 Å². The van der Waals surface area contributed by atoms with Gasteiger partial charge in [0.2, 0.25) is 0 Å². The summed E-state index contributed by atoms with van der Waals surface area (Å²) in [6, 6.07) is 15.8. The van der Waals surface area contributed by atoms with Gasteiger partial charge in [-0.25, -0.2) is 0 Å². The van der Waals surface area contributed by atoms with E-state index in [1.807, 2.05) is 49.4 Å². The molecule has 3 rings (SSSR count). The van der Waals surface area contributed by atoms with Gasteiger partial charge in [-0.15, -0.1) is 24.0 Å². The highest BCUT2D eigenvalue weighted by atomic mass is 127. The fourth-order valence-electron chi connectivity index (χ4n) is 3.01. The molecule has 0 unspecified atom stereocenters. The Hall–Kier alpha value is -2.49. The van der Waals surface area contributed by atoms with Crippen LogP contribution in [0, 0.1) is 5.92 Å². The lowest BCUT2D eigenvalue weighted by atomic mass is 10.2. The molecule has 0 heterocycles. The highest BCUT2D eigenvalue weighted by Gasteiger charge is 2.22. The second kappa shape index (κ2) is 13.8. The van der Waals surface area contributed by atoms with Crippen molar-refractivity contribution in [3.8, 4) is 11.5 Å². The van der Waals surface area contributed by atoms with Crippen LogP contribution in [0.5, 0.6) is 11.5 Å². The van der Waals surface area contributed by atoms with Crippen molar-refractivity contribution in [2.24, 2.45) is 10.9 Å². The standard InChI is InChI=1S/C24H32N4O3.HI/c1-3-26-23(29)17-30-21-9-6-7-19(13-21)14-27-24(25-2)28-15-20-8-4-5-10-22(20)31-16-18-11-12-18;/h4-10,13,18H,3,11-12,14-17H2,1-2H3,(H,26,29)(H2,25,27,28);1H. The van der Waals surface area contributed by atoms with Crippen LogP contribution in [-0.2, 0) is 17.9 Å². The Morgan fingerprint density at radius 3 is 2.56 bits per heavy atom. The van der Waals surface area contributed by atoms with Gasteiger partial charge in [0.15, 0.2) is 12.6 Å². The number of carbonyl (C=O) groups is 1. The normalized spacial score (nSPS) is 13.0. The van der Waals surface area contributed by atoms with E-state index in [-0.39, 0.29) is 36.5 Å². The highest BCUT2D eigenvalue weighted by Crippen LogP contribution is 2.30. The molecule has 0 bridgehead atoms. The first-order valence-corrected chi connectivity index (χ1v) is 10.8. The lowest BCUT2D eigenvalue weighted by molar-refractivity contribution is -0.122. The summed E-state index contributed by atoms with van der Waals surface area (Å²) in [5.74, 6) is 2.88. The van der Waals surface area contributed by atoms with E-state index in [0.717, 1.165) is 29.4 Å². The van der Waals surface area contributed by atoms with E-state index in [4.69, 9.17) is 9.47 Å². The Labute approximate surface area is 207 Å². The van der Waals surface area contributed by atoms with Gasteiger partial charge >= 0.3 is 0 Å². The van der Waals surface area contributed by atoms with Crippen LogP contribution in [0.15, 0.2) is 53.5 Å². The number of para-hydroxylation sites is 1. The van der Waals surface area contributed by atoms with Crippen molar-refractivity contribution < 1.29 is 14.3 Å². The van der Waals surface area contributed by atoms with Crippen molar-refractivity contribution in [1.29, 1.82) is 0 Å². The van der Waals surface area contributed by atoms with Crippen molar-refractivity contribution in [1.82, 2.24) is 16.0 Å². The molecular formula is C24H33IN4O3. The first-order chi connectivity index (χ1) is 15.2. The molecule has 0 aliphatic heterocycles. The summed E-state index contributed by atoms with van der Waals surface area (Å²) in [7, 11) is 1.75. The average molecular weight is 552 g/mol. The van der Waals surface area contributed by atoms with E-state index in [2.05, 4.69) is 27.0 Å². The topological polar surface area (TPSA) is 84.0 Å². The minimum Gasteiger partial charge on any atom is -0.493 e. The molecule has 32 heavy (non-hydrogen) atoms. The molecule has 0 atom stereocenters. The number of nitrogens with one attached hydrogen (secondary N) is 3. The number of carbonyl (C=O) groups excluding carboxylic acids is 1. The number of benzene rings is 2. The zero-order chi connectivity index (χ0) is 21.9. The predicted molar refractivity (Wildman–Crippen MR) is 138 cm³/mol. The van der Waals surface area contributed by atoms with E-state index >= 15 is 0 Å². The third-order valence-corrected chi connectivity index (χ3v) is 4.92. The Balaban J connectivity index is 0.00000363. The monoisotopic (exact) mass is 552 g/mol. The van der Waals surface area contributed by atoms with Crippen molar-refractivity contribution in [3.05, 3.63) is 59.7 Å². The molecule has 0 radical (unpaired) electrons. The van der Waals surface area contributed by atoms with Crippen molar-refractivity contribution >= 4 is 35.8 Å². The first kappa shape index (κ1) is 25.8. The lowest BCUT2D eigenvalue weighted by Gasteiger charge is -2.15. The maximum Gasteiger partial charge on any atom is 0.257 e. The maximum atomic E-state index is 11.6. The predicted octanol–water partition coefficient (Wildman–Crippen LogP) is 3.47. The molecule has 174 valence electrons. The molecule has 0 saturated heterocycles. The summed E-state index contributed by atoms with van der Waals surface area (Å²) in [6.07, 6.45) is 2.55. The summed E-state index contributed by atoms with van der Waals surface area (Å²) in [6.45, 7) is 4.48. The Morgan fingerprint density at radius 2 is 1.81 bits per heavy atom. The number of amides is 1. The van der Waals surface area contributed by atoms with Gasteiger partial charge in [-0.1, -0.05) is 30.3 Å². The van der Waals surface area contributed by atoms with Crippen LogP contribution in [0.1, 0.15) is 30.9 Å². The number of likely N-dealkylation sites (N-methyl/N-ethyl adjacent to an activating group) is 1. The number of aliphatic imine (C=N–C) groups is 1. The maximum absolute atomic E-state index is 11.6. The fourth-order valence-corrected chi connectivity index (χ4v) is 3.01. The van der Waals surface area contributed by atoms with Gasteiger partial charge in [0.1, 0.15) is 11.5 Å².